The zero-order chi connectivity index (χ0) is 22.9. The summed E-state index contributed by atoms with van der Waals surface area (Å²) in [4.78, 5) is 40.8. The minimum atomic E-state index is -2.03. The number of esters is 1. The van der Waals surface area contributed by atoms with E-state index in [2.05, 4.69) is 0 Å². The van der Waals surface area contributed by atoms with Crippen molar-refractivity contribution in [2.24, 2.45) is 10.8 Å². The minimum Gasteiger partial charge on any atom is -0.463 e. The highest BCUT2D eigenvalue weighted by Crippen LogP contribution is 2.63. The van der Waals surface area contributed by atoms with Crippen molar-refractivity contribution in [3.63, 3.8) is 0 Å². The van der Waals surface area contributed by atoms with Gasteiger partial charge in [0, 0.05) is 17.6 Å². The van der Waals surface area contributed by atoms with Crippen molar-refractivity contribution in [1.29, 1.82) is 10.5 Å². The molecule has 2 aromatic rings. The molecular weight excluding hydrogens is 406 g/mol. The number of carbonyl (C=O) groups is 3. The molecule has 2 aromatic carbocycles. The summed E-state index contributed by atoms with van der Waals surface area (Å²) in [6, 6.07) is 21.0. The number of hydrogen-bond donors (Lipinski definition) is 0. The van der Waals surface area contributed by atoms with Crippen LogP contribution in [0, 0.1) is 33.5 Å². The first-order chi connectivity index (χ1) is 15.5. The summed E-state index contributed by atoms with van der Waals surface area (Å²) in [5.74, 6) is -1.88. The average molecular weight is 425 g/mol. The van der Waals surface area contributed by atoms with Gasteiger partial charge in [0.1, 0.15) is 0 Å². The number of carbonyl (C=O) groups excluding carboxylic acids is 3. The molecule has 0 bridgehead atoms. The summed E-state index contributed by atoms with van der Waals surface area (Å²) in [7, 11) is 0. The van der Waals surface area contributed by atoms with Gasteiger partial charge in [0.2, 0.25) is 11.8 Å². The van der Waals surface area contributed by atoms with E-state index in [1.54, 1.807) is 67.6 Å². The lowest BCUT2D eigenvalue weighted by Gasteiger charge is -2.32. The highest BCUT2D eigenvalue weighted by Gasteiger charge is 2.71. The van der Waals surface area contributed by atoms with Gasteiger partial charge in [0.05, 0.1) is 29.8 Å². The molecule has 32 heavy (non-hydrogen) atoms. The van der Waals surface area contributed by atoms with Crippen LogP contribution in [0.15, 0.2) is 66.2 Å². The average Bonchev–Trinajstić information content (AvgIpc) is 3.25. The van der Waals surface area contributed by atoms with Crippen molar-refractivity contribution >= 4 is 29.0 Å². The molecule has 2 amide bonds. The number of rotatable bonds is 4. The summed E-state index contributed by atoms with van der Waals surface area (Å²) in [5.41, 5.74) is -2.72. The Balaban J connectivity index is 1.95. The maximum Gasteiger partial charge on any atom is 0.334 e. The second-order valence-electron chi connectivity index (χ2n) is 7.72. The van der Waals surface area contributed by atoms with E-state index >= 15 is 0 Å². The molecule has 0 aromatic heterocycles. The van der Waals surface area contributed by atoms with E-state index in [1.165, 1.54) is 0 Å². The van der Waals surface area contributed by atoms with Crippen molar-refractivity contribution in [2.45, 2.75) is 19.8 Å². The molecule has 0 saturated carbocycles. The molecule has 1 fully saturated rings. The lowest BCUT2D eigenvalue weighted by Crippen LogP contribution is -2.44. The zero-order valence-corrected chi connectivity index (χ0v) is 17.4. The lowest BCUT2D eigenvalue weighted by atomic mass is 9.62. The van der Waals surface area contributed by atoms with Crippen LogP contribution in [-0.4, -0.2) is 24.4 Å². The quantitative estimate of drug-likeness (QED) is 0.548. The van der Waals surface area contributed by atoms with Crippen LogP contribution in [0.2, 0.25) is 0 Å². The topological polar surface area (TPSA) is 111 Å². The van der Waals surface area contributed by atoms with E-state index in [0.29, 0.717) is 11.3 Å². The molecule has 1 spiro atoms. The van der Waals surface area contributed by atoms with Crippen LogP contribution in [0.4, 0.5) is 5.69 Å². The largest absolute Gasteiger partial charge is 0.463 e. The summed E-state index contributed by atoms with van der Waals surface area (Å²) in [6.45, 7) is 1.74. The van der Waals surface area contributed by atoms with Gasteiger partial charge in [0.15, 0.2) is 5.41 Å². The van der Waals surface area contributed by atoms with Gasteiger partial charge >= 0.3 is 5.97 Å². The number of para-hydroxylation sites is 1. The summed E-state index contributed by atoms with van der Waals surface area (Å²) in [6.07, 6.45) is -0.591. The maximum atomic E-state index is 13.8. The first-order valence-corrected chi connectivity index (χ1v) is 10.2. The van der Waals surface area contributed by atoms with Gasteiger partial charge in [-0.1, -0.05) is 48.5 Å². The number of amides is 2. The first kappa shape index (κ1) is 21.0. The maximum absolute atomic E-state index is 13.8. The van der Waals surface area contributed by atoms with Crippen molar-refractivity contribution in [3.05, 3.63) is 71.8 Å². The van der Waals surface area contributed by atoms with Gasteiger partial charge in [-0.05, 0) is 31.0 Å². The second-order valence-corrected chi connectivity index (χ2v) is 7.72. The van der Waals surface area contributed by atoms with Crippen molar-refractivity contribution < 1.29 is 19.1 Å². The van der Waals surface area contributed by atoms with E-state index < -0.39 is 28.6 Å². The van der Waals surface area contributed by atoms with Gasteiger partial charge in [0.25, 0.3) is 0 Å². The third kappa shape index (κ3) is 2.75. The Kier molecular flexibility index (Phi) is 5.12. The van der Waals surface area contributed by atoms with Crippen molar-refractivity contribution in [2.75, 3.05) is 11.5 Å². The molecule has 1 aliphatic carbocycles. The van der Waals surface area contributed by atoms with E-state index in [4.69, 9.17) is 4.74 Å². The SMILES string of the molecule is CCOC(=O)C1=C(c2ccccc2)C(C#N)(C#N)[C@]2(CC(=O)N(c3ccccc3)C2=O)C1. The van der Waals surface area contributed by atoms with Crippen LogP contribution < -0.4 is 4.90 Å². The molecule has 1 saturated heterocycles. The second kappa shape index (κ2) is 7.79. The lowest BCUT2D eigenvalue weighted by molar-refractivity contribution is -0.138. The Labute approximate surface area is 185 Å². The molecule has 0 unspecified atom stereocenters. The van der Waals surface area contributed by atoms with E-state index in [1.807, 2.05) is 12.1 Å². The van der Waals surface area contributed by atoms with Gasteiger partial charge < -0.3 is 4.74 Å². The minimum absolute atomic E-state index is 0.0808. The Hall–Kier alpha value is -4.23. The third-order valence-electron chi connectivity index (χ3n) is 6.12. The third-order valence-corrected chi connectivity index (χ3v) is 6.12. The molecule has 158 valence electrons. The molecule has 2 aliphatic rings. The van der Waals surface area contributed by atoms with Gasteiger partial charge in [-0.2, -0.15) is 10.5 Å². The van der Waals surface area contributed by atoms with E-state index in [9.17, 15) is 24.9 Å². The molecule has 0 N–H and O–H groups in total. The molecule has 0 radical (unpaired) electrons. The molecule has 7 heteroatoms. The Morgan fingerprint density at radius 2 is 1.59 bits per heavy atom. The zero-order valence-electron chi connectivity index (χ0n) is 17.4. The van der Waals surface area contributed by atoms with Crippen LogP contribution >= 0.6 is 0 Å². The number of anilines is 1. The van der Waals surface area contributed by atoms with Crippen LogP contribution in [0.5, 0.6) is 0 Å². The fraction of sp³-hybridized carbons (Fsp3) is 0.240. The van der Waals surface area contributed by atoms with Gasteiger partial charge in [-0.25, -0.2) is 9.69 Å². The number of nitrogens with zero attached hydrogens (tertiary/aromatic N) is 3. The summed E-state index contributed by atoms with van der Waals surface area (Å²) >= 11 is 0. The van der Waals surface area contributed by atoms with Gasteiger partial charge in [-0.3, -0.25) is 9.59 Å². The monoisotopic (exact) mass is 425 g/mol. The standard InChI is InChI=1S/C25H19N3O4/c1-2-32-22(30)19-13-24(14-20(29)28(23(24)31)18-11-7-4-8-12-18)25(15-26,16-27)21(19)17-9-5-3-6-10-17/h3-12H,2,13-14H2,1H3/t24-/m0/s1. The fourth-order valence-electron chi connectivity index (χ4n) is 4.74. The highest BCUT2D eigenvalue weighted by atomic mass is 16.5. The van der Waals surface area contributed by atoms with E-state index in [-0.39, 0.29) is 30.6 Å². The predicted molar refractivity (Wildman–Crippen MR) is 114 cm³/mol. The number of ether oxygens (including phenoxy) is 1. The molecule has 1 atom stereocenters. The normalized spacial score (nSPS) is 21.5. The predicted octanol–water partition coefficient (Wildman–Crippen LogP) is 3.39. The fourth-order valence-corrected chi connectivity index (χ4v) is 4.74. The Bertz CT molecular complexity index is 1210. The van der Waals surface area contributed by atoms with Crippen LogP contribution in [0.1, 0.15) is 25.3 Å². The van der Waals surface area contributed by atoms with Crippen molar-refractivity contribution in [3.8, 4) is 12.1 Å². The summed E-state index contributed by atoms with van der Waals surface area (Å²) < 4.78 is 5.21. The summed E-state index contributed by atoms with van der Waals surface area (Å²) in [5, 5.41) is 20.6. The number of benzene rings is 2. The number of nitriles is 2. The first-order valence-electron chi connectivity index (χ1n) is 10.2. The number of imide groups is 1. The molecule has 1 aliphatic heterocycles. The molecule has 7 nitrogen and oxygen atoms in total. The highest BCUT2D eigenvalue weighted by molar-refractivity contribution is 6.25. The Morgan fingerprint density at radius 3 is 2.16 bits per heavy atom. The molecule has 1 heterocycles. The van der Waals surface area contributed by atoms with E-state index in [0.717, 1.165) is 4.90 Å². The smallest absolute Gasteiger partial charge is 0.334 e. The van der Waals surface area contributed by atoms with Gasteiger partial charge in [-0.15, -0.1) is 0 Å². The van der Waals surface area contributed by atoms with Crippen LogP contribution in [0.25, 0.3) is 5.57 Å². The molecular formula is C25H19N3O4. The Morgan fingerprint density at radius 1 is 1.00 bits per heavy atom. The number of hydrogen-bond acceptors (Lipinski definition) is 6. The van der Waals surface area contributed by atoms with Crippen LogP contribution in [-0.2, 0) is 19.1 Å². The van der Waals surface area contributed by atoms with Crippen LogP contribution in [0.3, 0.4) is 0 Å². The number of allylic oxidation sites excluding steroid dienone is 1. The van der Waals surface area contributed by atoms with Crippen molar-refractivity contribution in [1.82, 2.24) is 0 Å². The molecule has 4 rings (SSSR count).